The minimum Gasteiger partial charge on any atom is -0.444 e. The number of rotatable bonds is 26. The quantitative estimate of drug-likeness (QED) is 0.0366. The van der Waals surface area contributed by atoms with Crippen molar-refractivity contribution in [2.24, 2.45) is 41.4 Å². The van der Waals surface area contributed by atoms with Gasteiger partial charge in [-0.15, -0.1) is 0 Å². The summed E-state index contributed by atoms with van der Waals surface area (Å²) in [5.41, 5.74) is 10.7. The zero-order valence-electron chi connectivity index (χ0n) is 77.5. The number of amides is 3. The van der Waals surface area contributed by atoms with Crippen LogP contribution in [0.15, 0.2) is 159 Å². The Morgan fingerprint density at radius 1 is 0.443 bits per heavy atom. The molecule has 2 unspecified atom stereocenters. The molecule has 2 atom stereocenters. The van der Waals surface area contributed by atoms with E-state index in [1.807, 2.05) is 121 Å². The predicted octanol–water partition coefficient (Wildman–Crippen LogP) is 21.4. The topological polar surface area (TPSA) is 187 Å². The molecule has 0 radical (unpaired) electrons. The van der Waals surface area contributed by atoms with Crippen LogP contribution in [0.2, 0.25) is 5.02 Å². The van der Waals surface area contributed by atoms with Crippen molar-refractivity contribution in [3.63, 3.8) is 0 Å². The Labute approximate surface area is 710 Å². The average molecular weight is 1620 g/mol. The molecular formula is C98H171ClN12O4. The maximum atomic E-state index is 12.1. The van der Waals surface area contributed by atoms with Crippen LogP contribution in [0.25, 0.3) is 11.4 Å². The van der Waals surface area contributed by atoms with Crippen LogP contribution in [0.3, 0.4) is 0 Å². The van der Waals surface area contributed by atoms with E-state index in [2.05, 4.69) is 241 Å². The van der Waals surface area contributed by atoms with E-state index in [1.54, 1.807) is 4.90 Å². The second-order valence-electron chi connectivity index (χ2n) is 36.1. The van der Waals surface area contributed by atoms with Crippen LogP contribution < -0.4 is 53.2 Å². The SMILES string of the molecule is C=C(NC(C)C)C(C)C.C=C(NC(C)C)C1CCC(C)CC1.C=C(NC(C)C)C1CCCC1.C=C(NC(C)C)C1CCCN(C(=O)OC(C)(C)C)C1.C=C(NC(C)C)C1CCN(C)CC1.C=C(NC(C)C)c1ccc(Cl)cc1.C=C(NC(C)C)c1ccccc1.CC(C)NC(=O)C1CCCNC1.CC(C)NC(=O)Cc1ccccc1. The Hall–Kier alpha value is -7.14. The number of piperidine rings is 3. The molecule has 8 rings (SSSR count). The summed E-state index contributed by atoms with van der Waals surface area (Å²) in [6.45, 7) is 84.1. The maximum Gasteiger partial charge on any atom is 0.410 e. The van der Waals surface area contributed by atoms with Crippen molar-refractivity contribution < 1.29 is 19.1 Å². The number of ether oxygens (including phenoxy) is 1. The number of nitrogens with one attached hydrogen (secondary N) is 10. The van der Waals surface area contributed by atoms with Crippen molar-refractivity contribution >= 4 is 40.9 Å². The Bertz CT molecular complexity index is 3120. The summed E-state index contributed by atoms with van der Waals surface area (Å²) in [5.74, 6) is 4.48. The van der Waals surface area contributed by atoms with Gasteiger partial charge in [0.2, 0.25) is 11.8 Å². The number of benzene rings is 3. The van der Waals surface area contributed by atoms with Gasteiger partial charge in [-0.3, -0.25) is 9.59 Å². The summed E-state index contributed by atoms with van der Waals surface area (Å²) in [7, 11) is 2.19. The van der Waals surface area contributed by atoms with Gasteiger partial charge in [-0.2, -0.15) is 0 Å². The summed E-state index contributed by atoms with van der Waals surface area (Å²) in [5, 5.41) is 33.1. The molecular weight excluding hydrogens is 1440 g/mol. The third kappa shape index (κ3) is 56.0. The zero-order chi connectivity index (χ0) is 87.5. The summed E-state index contributed by atoms with van der Waals surface area (Å²) in [6, 6.07) is 31.4. The Morgan fingerprint density at radius 2 is 0.826 bits per heavy atom. The molecule has 2 saturated carbocycles. The van der Waals surface area contributed by atoms with Gasteiger partial charge in [0.25, 0.3) is 0 Å². The molecule has 10 N–H and O–H groups in total. The first-order valence-corrected chi connectivity index (χ1v) is 44.2. The number of hydrogen-bond donors (Lipinski definition) is 10. The first-order chi connectivity index (χ1) is 53.8. The molecule has 0 bridgehead atoms. The number of hydrogen-bond acceptors (Lipinski definition) is 13. The minimum atomic E-state index is -0.433. The number of likely N-dealkylation sites (tertiary alicyclic amines) is 2. The predicted molar refractivity (Wildman–Crippen MR) is 501 cm³/mol. The molecule has 2 aliphatic carbocycles. The number of allylic oxidation sites excluding steroid dienone is 4. The van der Waals surface area contributed by atoms with Crippen LogP contribution >= 0.6 is 11.6 Å². The fourth-order valence-electron chi connectivity index (χ4n) is 13.3. The van der Waals surface area contributed by atoms with Crippen LogP contribution in [0, 0.1) is 41.4 Å². The molecule has 5 aliphatic rings. The van der Waals surface area contributed by atoms with Gasteiger partial charge in [-0.25, -0.2) is 4.79 Å². The zero-order valence-corrected chi connectivity index (χ0v) is 78.3. The van der Waals surface area contributed by atoms with Crippen LogP contribution in [0.1, 0.15) is 273 Å². The molecule has 654 valence electrons. The van der Waals surface area contributed by atoms with E-state index in [1.165, 1.54) is 94.4 Å². The number of nitrogens with zero attached hydrogens (tertiary/aromatic N) is 2. The highest BCUT2D eigenvalue weighted by Crippen LogP contribution is 2.32. The highest BCUT2D eigenvalue weighted by molar-refractivity contribution is 6.30. The largest absolute Gasteiger partial charge is 0.444 e. The summed E-state index contributed by atoms with van der Waals surface area (Å²) in [6.07, 6.45) is 17.9. The molecule has 3 aliphatic heterocycles. The molecule has 3 amide bonds. The Kier molecular flexibility index (Phi) is 56.6. The van der Waals surface area contributed by atoms with Crippen molar-refractivity contribution in [2.45, 2.75) is 322 Å². The summed E-state index contributed by atoms with van der Waals surface area (Å²) >= 11 is 5.77. The lowest BCUT2D eigenvalue weighted by molar-refractivity contribution is -0.126. The van der Waals surface area contributed by atoms with E-state index >= 15 is 0 Å². The maximum absolute atomic E-state index is 12.1. The summed E-state index contributed by atoms with van der Waals surface area (Å²) < 4.78 is 5.42. The lowest BCUT2D eigenvalue weighted by Crippen LogP contribution is -2.44. The fourth-order valence-corrected chi connectivity index (χ4v) is 13.4. The smallest absolute Gasteiger partial charge is 0.410 e. The molecule has 3 heterocycles. The van der Waals surface area contributed by atoms with Gasteiger partial charge in [0, 0.05) is 131 Å². The third-order valence-corrected chi connectivity index (χ3v) is 19.4. The van der Waals surface area contributed by atoms with E-state index < -0.39 is 5.60 Å². The molecule has 0 aromatic heterocycles. The first-order valence-electron chi connectivity index (χ1n) is 43.8. The van der Waals surface area contributed by atoms with E-state index in [0.717, 1.165) is 108 Å². The van der Waals surface area contributed by atoms with E-state index in [4.69, 9.17) is 16.3 Å². The first kappa shape index (κ1) is 108. The van der Waals surface area contributed by atoms with Gasteiger partial charge in [0.1, 0.15) is 5.60 Å². The van der Waals surface area contributed by atoms with Gasteiger partial charge in [-0.1, -0.05) is 177 Å². The van der Waals surface area contributed by atoms with Crippen molar-refractivity contribution in [1.82, 2.24) is 63.0 Å². The normalized spacial score (nSPS) is 17.4. The summed E-state index contributed by atoms with van der Waals surface area (Å²) in [4.78, 5) is 39.0. The van der Waals surface area contributed by atoms with Crippen LogP contribution in [-0.4, -0.2) is 134 Å². The lowest BCUT2D eigenvalue weighted by atomic mass is 9.81. The van der Waals surface area contributed by atoms with Gasteiger partial charge in [0.05, 0.1) is 12.3 Å². The standard InChI is InChI=1S/C15H28N2O2.C12H23N.C11H14ClN.C11H22N2.C11H15NO.C11H15N.C10H19N.C9H18N2O.C8H17N/c1-11(2)16-12(3)13-8-7-9-17(10-13)14(18)19-15(4,5)6;1-9(2)13-11(4)12-7-5-10(3)6-8-12;1-8(2)13-9(3)10-4-6-11(12)7-5-10;1-9(2)12-10(3)11-5-7-13(4)8-6-11;1-9(2)12-11(13)8-10-6-4-3-5-7-10;1-9(2)12-10(3)11-7-5-4-6-8-11;1-8(2)11-9(3)10-6-4-5-7-10;1-7(2)11-9(12)8-4-3-5-10-6-8;1-6(2)8(5)9-7(3)4/h11,13,16H,3,7-10H2,1-2,4-6H3;9-10,12-13H,4-8H2,1-3H3;4-8,13H,3H2,1-2H3;9,11-12H,3,5-8H2,1-2,4H3;3-7,9H,8H2,1-2H3,(H,12,13);4-9,12H,3H2,1-2H3;8,10-11H,3-7H2,1-2H3;7-8,10H,3-6H2,1-2H3,(H,11,12);6-7,9H,5H2,1-4H3. The average Bonchev–Trinajstić information content (AvgIpc) is 1.35. The van der Waals surface area contributed by atoms with Crippen LogP contribution in [-0.2, 0) is 20.7 Å². The van der Waals surface area contributed by atoms with Gasteiger partial charge < -0.3 is 67.7 Å². The van der Waals surface area contributed by atoms with E-state index in [0.29, 0.717) is 73.0 Å². The van der Waals surface area contributed by atoms with Gasteiger partial charge in [0.15, 0.2) is 0 Å². The van der Waals surface area contributed by atoms with Crippen molar-refractivity contribution in [3.8, 4) is 0 Å². The molecule has 3 saturated heterocycles. The number of carbonyl (C=O) groups excluding carboxylic acids is 3. The molecule has 5 fully saturated rings. The molecule has 115 heavy (non-hydrogen) atoms. The van der Waals surface area contributed by atoms with Crippen molar-refractivity contribution in [3.05, 3.63) is 181 Å². The van der Waals surface area contributed by atoms with E-state index in [9.17, 15) is 14.4 Å². The second kappa shape index (κ2) is 60.4. The highest BCUT2D eigenvalue weighted by Gasteiger charge is 2.30. The van der Waals surface area contributed by atoms with Crippen molar-refractivity contribution in [1.29, 1.82) is 0 Å². The van der Waals surface area contributed by atoms with Crippen LogP contribution in [0.5, 0.6) is 0 Å². The van der Waals surface area contributed by atoms with E-state index in [-0.39, 0.29) is 35.9 Å². The molecule has 3 aromatic carbocycles. The monoisotopic (exact) mass is 1620 g/mol. The van der Waals surface area contributed by atoms with Crippen molar-refractivity contribution in [2.75, 3.05) is 46.3 Å². The molecule has 3 aromatic rings. The fraction of sp³-hybridized carbons (Fsp3) is 0.643. The van der Waals surface area contributed by atoms with Crippen LogP contribution in [0.4, 0.5) is 4.79 Å². The van der Waals surface area contributed by atoms with Gasteiger partial charge >= 0.3 is 6.09 Å². The molecule has 17 heteroatoms. The second-order valence-corrected chi connectivity index (χ2v) is 36.5. The number of carbonyl (C=O) groups is 3. The Balaban J connectivity index is 0.00000128. The number of halogens is 1. The lowest BCUT2D eigenvalue weighted by Gasteiger charge is -2.35. The third-order valence-electron chi connectivity index (χ3n) is 19.2. The molecule has 0 spiro atoms. The minimum absolute atomic E-state index is 0.0844. The Morgan fingerprint density at radius 3 is 1.22 bits per heavy atom. The molecule has 16 nitrogen and oxygen atoms in total. The highest BCUT2D eigenvalue weighted by atomic mass is 35.5. The van der Waals surface area contributed by atoms with Gasteiger partial charge in [-0.05, 0) is 289 Å².